The Balaban J connectivity index is 1.67. The molecule has 1 N–H and O–H groups in total. The number of amides is 1. The molecule has 144 valence electrons. The maximum atomic E-state index is 13.2. The molecule has 1 saturated carbocycles. The van der Waals surface area contributed by atoms with Crippen molar-refractivity contribution in [1.82, 2.24) is 20.0 Å². The number of rotatable bonds is 4. The van der Waals surface area contributed by atoms with Gasteiger partial charge in [-0.05, 0) is 32.3 Å². The van der Waals surface area contributed by atoms with Crippen LogP contribution in [0, 0.1) is 6.92 Å². The Hall–Kier alpha value is -1.85. The normalized spacial score (nSPS) is 22.0. The highest BCUT2D eigenvalue weighted by molar-refractivity contribution is 6.30. The molecule has 1 unspecified atom stereocenters. The molecule has 2 fully saturated rings. The first kappa shape index (κ1) is 18.5. The quantitative estimate of drug-likeness (QED) is 0.862. The van der Waals surface area contributed by atoms with Crippen LogP contribution in [0.2, 0.25) is 5.15 Å². The first-order chi connectivity index (χ1) is 13.1. The number of nitrogens with zero attached hydrogens (tertiary/aromatic N) is 3. The molecule has 1 amide bonds. The maximum absolute atomic E-state index is 13.2. The highest BCUT2D eigenvalue weighted by Gasteiger charge is 2.52. The van der Waals surface area contributed by atoms with Gasteiger partial charge >= 0.3 is 0 Å². The molecule has 5 nitrogen and oxygen atoms in total. The first-order valence-electron chi connectivity index (χ1n) is 9.91. The van der Waals surface area contributed by atoms with Crippen molar-refractivity contribution >= 4 is 17.5 Å². The van der Waals surface area contributed by atoms with Gasteiger partial charge in [-0.15, -0.1) is 0 Å². The zero-order valence-corrected chi connectivity index (χ0v) is 16.8. The van der Waals surface area contributed by atoms with Gasteiger partial charge in [0.25, 0.3) is 0 Å². The van der Waals surface area contributed by atoms with E-state index in [-0.39, 0.29) is 12.1 Å². The van der Waals surface area contributed by atoms with Crippen molar-refractivity contribution in [2.24, 2.45) is 0 Å². The minimum absolute atomic E-state index is 0.197. The summed E-state index contributed by atoms with van der Waals surface area (Å²) in [7, 11) is 0. The summed E-state index contributed by atoms with van der Waals surface area (Å²) in [5.41, 5.74) is 2.55. The zero-order valence-electron chi connectivity index (χ0n) is 16.0. The highest BCUT2D eigenvalue weighted by atomic mass is 35.5. The third-order valence-electron chi connectivity index (χ3n) is 6.00. The van der Waals surface area contributed by atoms with E-state index in [4.69, 9.17) is 11.6 Å². The van der Waals surface area contributed by atoms with Crippen LogP contribution in [-0.2, 0) is 11.3 Å². The monoisotopic (exact) mass is 386 g/mol. The standard InChI is InChI=1S/C21H27ClN4O/c1-3-25-19(23-21(20(25)27)12-8-5-9-13-21)17-15(2)24-26(18(17)22)14-16-10-6-4-7-11-16/h4,6-7,10-11,19,23H,3,5,8-9,12-14H2,1-2H3. The number of halogens is 1. The molecular formula is C21H27ClN4O. The molecule has 1 aromatic heterocycles. The Labute approximate surface area is 165 Å². The van der Waals surface area contributed by atoms with Gasteiger partial charge in [0, 0.05) is 12.1 Å². The first-order valence-corrected chi connectivity index (χ1v) is 10.3. The lowest BCUT2D eigenvalue weighted by atomic mass is 9.81. The molecule has 1 aromatic carbocycles. The minimum atomic E-state index is -0.420. The van der Waals surface area contributed by atoms with Crippen molar-refractivity contribution in [2.45, 2.75) is 64.2 Å². The summed E-state index contributed by atoms with van der Waals surface area (Å²) in [6, 6.07) is 10.2. The van der Waals surface area contributed by atoms with E-state index in [1.54, 1.807) is 0 Å². The number of aryl methyl sites for hydroxylation is 1. The van der Waals surface area contributed by atoms with Gasteiger partial charge < -0.3 is 4.90 Å². The molecule has 0 radical (unpaired) electrons. The molecule has 1 atom stereocenters. The van der Waals surface area contributed by atoms with Crippen LogP contribution in [0.5, 0.6) is 0 Å². The molecular weight excluding hydrogens is 360 g/mol. The van der Waals surface area contributed by atoms with Crippen molar-refractivity contribution < 1.29 is 4.79 Å². The largest absolute Gasteiger partial charge is 0.321 e. The van der Waals surface area contributed by atoms with E-state index < -0.39 is 5.54 Å². The fourth-order valence-corrected chi connectivity index (χ4v) is 4.94. The molecule has 2 heterocycles. The number of benzene rings is 1. The second-order valence-electron chi connectivity index (χ2n) is 7.71. The Kier molecular flexibility index (Phi) is 4.99. The minimum Gasteiger partial charge on any atom is -0.321 e. The van der Waals surface area contributed by atoms with Crippen LogP contribution in [0.1, 0.15) is 62.0 Å². The summed E-state index contributed by atoms with van der Waals surface area (Å²) in [5.74, 6) is 0.223. The molecule has 1 spiro atoms. The van der Waals surface area contributed by atoms with Crippen molar-refractivity contribution in [1.29, 1.82) is 0 Å². The second kappa shape index (κ2) is 7.28. The summed E-state index contributed by atoms with van der Waals surface area (Å²) < 4.78 is 1.84. The topological polar surface area (TPSA) is 50.2 Å². The van der Waals surface area contributed by atoms with Gasteiger partial charge in [0.05, 0.1) is 17.8 Å². The van der Waals surface area contributed by atoms with Gasteiger partial charge in [0.15, 0.2) is 0 Å². The van der Waals surface area contributed by atoms with E-state index in [0.717, 1.165) is 42.5 Å². The Morgan fingerprint density at radius 2 is 1.93 bits per heavy atom. The number of nitrogens with one attached hydrogen (secondary N) is 1. The third kappa shape index (κ3) is 3.17. The lowest BCUT2D eigenvalue weighted by molar-refractivity contribution is -0.134. The van der Waals surface area contributed by atoms with Crippen LogP contribution in [0.4, 0.5) is 0 Å². The summed E-state index contributed by atoms with van der Waals surface area (Å²) in [6.45, 7) is 5.30. The zero-order chi connectivity index (χ0) is 19.0. The van der Waals surface area contributed by atoms with E-state index in [1.807, 2.05) is 41.6 Å². The SMILES string of the molecule is CCN1C(=O)C2(CCCCC2)NC1c1c(C)nn(Cc2ccccc2)c1Cl. The van der Waals surface area contributed by atoms with Crippen LogP contribution >= 0.6 is 11.6 Å². The molecule has 1 saturated heterocycles. The molecule has 1 aliphatic carbocycles. The predicted molar refractivity (Wildman–Crippen MR) is 107 cm³/mol. The fraction of sp³-hybridized carbons (Fsp3) is 0.524. The molecule has 4 rings (SSSR count). The maximum Gasteiger partial charge on any atom is 0.244 e. The van der Waals surface area contributed by atoms with E-state index in [1.165, 1.54) is 6.42 Å². The molecule has 1 aliphatic heterocycles. The van der Waals surface area contributed by atoms with Crippen molar-refractivity contribution in [3.8, 4) is 0 Å². The summed E-state index contributed by atoms with van der Waals surface area (Å²) in [5, 5.41) is 8.97. The van der Waals surface area contributed by atoms with Crippen LogP contribution in [0.15, 0.2) is 30.3 Å². The summed E-state index contributed by atoms with van der Waals surface area (Å²) in [4.78, 5) is 15.1. The van der Waals surface area contributed by atoms with Crippen LogP contribution in [0.25, 0.3) is 0 Å². The van der Waals surface area contributed by atoms with E-state index in [0.29, 0.717) is 18.2 Å². The Morgan fingerprint density at radius 3 is 2.59 bits per heavy atom. The molecule has 0 bridgehead atoms. The van der Waals surface area contributed by atoms with E-state index in [9.17, 15) is 4.79 Å². The summed E-state index contributed by atoms with van der Waals surface area (Å²) in [6.07, 6.45) is 5.04. The molecule has 6 heteroatoms. The Bertz CT molecular complexity index is 826. The van der Waals surface area contributed by atoms with Gasteiger partial charge in [-0.2, -0.15) is 5.10 Å². The summed E-state index contributed by atoms with van der Waals surface area (Å²) >= 11 is 6.78. The molecule has 27 heavy (non-hydrogen) atoms. The van der Waals surface area contributed by atoms with Gasteiger partial charge in [-0.3, -0.25) is 10.1 Å². The highest BCUT2D eigenvalue weighted by Crippen LogP contribution is 2.42. The van der Waals surface area contributed by atoms with Crippen LogP contribution < -0.4 is 5.32 Å². The number of hydrogen-bond donors (Lipinski definition) is 1. The average molecular weight is 387 g/mol. The smallest absolute Gasteiger partial charge is 0.244 e. The van der Waals surface area contributed by atoms with Gasteiger partial charge in [0.2, 0.25) is 5.91 Å². The lowest BCUT2D eigenvalue weighted by Gasteiger charge is -2.31. The number of aromatic nitrogens is 2. The lowest BCUT2D eigenvalue weighted by Crippen LogP contribution is -2.48. The van der Waals surface area contributed by atoms with Crippen molar-refractivity contribution in [3.63, 3.8) is 0 Å². The average Bonchev–Trinajstić information content (AvgIpc) is 3.10. The van der Waals surface area contributed by atoms with Crippen LogP contribution in [0.3, 0.4) is 0 Å². The van der Waals surface area contributed by atoms with Crippen molar-refractivity contribution in [2.75, 3.05) is 6.54 Å². The fourth-order valence-electron chi connectivity index (χ4n) is 4.60. The number of carbonyl (C=O) groups is 1. The van der Waals surface area contributed by atoms with Crippen LogP contribution in [-0.4, -0.2) is 32.7 Å². The van der Waals surface area contributed by atoms with Gasteiger partial charge in [-0.1, -0.05) is 61.2 Å². The number of hydrogen-bond acceptors (Lipinski definition) is 3. The molecule has 2 aromatic rings. The molecule has 2 aliphatic rings. The number of carbonyl (C=O) groups excluding carboxylic acids is 1. The van der Waals surface area contributed by atoms with E-state index >= 15 is 0 Å². The van der Waals surface area contributed by atoms with E-state index in [2.05, 4.69) is 22.5 Å². The second-order valence-corrected chi connectivity index (χ2v) is 8.07. The van der Waals surface area contributed by atoms with Crippen molar-refractivity contribution in [3.05, 3.63) is 52.3 Å². The third-order valence-corrected chi connectivity index (χ3v) is 6.40. The Morgan fingerprint density at radius 1 is 1.22 bits per heavy atom. The number of likely N-dealkylation sites (N-methyl/N-ethyl adjacent to an activating group) is 1. The van der Waals surface area contributed by atoms with Gasteiger partial charge in [0.1, 0.15) is 11.3 Å². The van der Waals surface area contributed by atoms with Gasteiger partial charge in [-0.25, -0.2) is 4.68 Å². The predicted octanol–water partition coefficient (Wildman–Crippen LogP) is 4.05.